The number of nitrogens with zero attached hydrogens (tertiary/aromatic N) is 2. The van der Waals surface area contributed by atoms with Crippen molar-refractivity contribution in [2.75, 3.05) is 4.90 Å². The van der Waals surface area contributed by atoms with Crippen molar-refractivity contribution in [3.05, 3.63) is 93.5 Å². The minimum absolute atomic E-state index is 0.188. The molecule has 0 radical (unpaired) electrons. The molecule has 36 heavy (non-hydrogen) atoms. The van der Waals surface area contributed by atoms with Gasteiger partial charge >= 0.3 is 0 Å². The van der Waals surface area contributed by atoms with Crippen LogP contribution in [0.4, 0.5) is 5.69 Å². The third-order valence-electron chi connectivity index (χ3n) is 7.01. The summed E-state index contributed by atoms with van der Waals surface area (Å²) >= 11 is 5.99. The van der Waals surface area contributed by atoms with Crippen LogP contribution >= 0.6 is 11.6 Å². The summed E-state index contributed by atoms with van der Waals surface area (Å²) in [6.07, 6.45) is -0.249. The van der Waals surface area contributed by atoms with Crippen LogP contribution < -0.4 is 4.90 Å². The average Bonchev–Trinajstić information content (AvgIpc) is 3.12. The van der Waals surface area contributed by atoms with Crippen LogP contribution in [0, 0.1) is 27.7 Å². The van der Waals surface area contributed by atoms with Gasteiger partial charge in [-0.2, -0.15) is 4.31 Å². The number of carbonyl (C=O) groups is 2. The maximum absolute atomic E-state index is 14.4. The summed E-state index contributed by atoms with van der Waals surface area (Å²) in [4.78, 5) is 28.1. The molecule has 2 amide bonds. The molecule has 1 fully saturated rings. The monoisotopic (exact) mass is 524 g/mol. The van der Waals surface area contributed by atoms with Gasteiger partial charge in [-0.1, -0.05) is 48.0 Å². The first kappa shape index (κ1) is 26.1. The molecule has 1 saturated heterocycles. The summed E-state index contributed by atoms with van der Waals surface area (Å²) in [5.74, 6) is -1.03. The number of rotatable bonds is 6. The van der Waals surface area contributed by atoms with Gasteiger partial charge in [-0.3, -0.25) is 9.59 Å². The standard InChI is InChI=1S/C28H29ClN2O4S/c1-17-15-18(2)20(4)27(19(17)3)36(34,35)31(21(5)22-9-7-6-8-10-22)25-16-26(32)30(28(25)33)24-13-11-23(29)12-14-24/h6-15,21,25H,16H2,1-5H3. The Bertz CT molecular complexity index is 1410. The van der Waals surface area contributed by atoms with Crippen molar-refractivity contribution >= 4 is 39.1 Å². The number of amides is 2. The lowest BCUT2D eigenvalue weighted by molar-refractivity contribution is -0.122. The Kier molecular flexibility index (Phi) is 7.10. The van der Waals surface area contributed by atoms with Gasteiger partial charge in [0.2, 0.25) is 15.9 Å². The molecule has 3 aromatic carbocycles. The molecule has 1 aliphatic heterocycles. The minimum atomic E-state index is -4.19. The van der Waals surface area contributed by atoms with Crippen LogP contribution in [-0.2, 0) is 19.6 Å². The number of benzene rings is 3. The summed E-state index contributed by atoms with van der Waals surface area (Å²) in [7, 11) is -4.19. The minimum Gasteiger partial charge on any atom is -0.274 e. The van der Waals surface area contributed by atoms with E-state index in [1.807, 2.05) is 50.2 Å². The maximum atomic E-state index is 14.4. The fraction of sp³-hybridized carbons (Fsp3) is 0.286. The van der Waals surface area contributed by atoms with Crippen LogP contribution in [0.25, 0.3) is 0 Å². The quantitative estimate of drug-likeness (QED) is 0.390. The molecular weight excluding hydrogens is 496 g/mol. The van der Waals surface area contributed by atoms with E-state index < -0.39 is 33.9 Å². The van der Waals surface area contributed by atoms with Crippen LogP contribution in [0.1, 0.15) is 47.2 Å². The summed E-state index contributed by atoms with van der Waals surface area (Å²) in [5, 5.41) is 0.470. The smallest absolute Gasteiger partial charge is 0.252 e. The van der Waals surface area contributed by atoms with Crippen molar-refractivity contribution in [2.45, 2.75) is 58.0 Å². The number of carbonyl (C=O) groups excluding carboxylic acids is 2. The van der Waals surface area contributed by atoms with E-state index in [0.29, 0.717) is 21.8 Å². The van der Waals surface area contributed by atoms with Crippen LogP contribution in [-0.4, -0.2) is 30.6 Å². The van der Waals surface area contributed by atoms with Crippen molar-refractivity contribution < 1.29 is 18.0 Å². The van der Waals surface area contributed by atoms with Gasteiger partial charge < -0.3 is 0 Å². The van der Waals surface area contributed by atoms with E-state index in [4.69, 9.17) is 11.6 Å². The molecule has 2 unspecified atom stereocenters. The van der Waals surface area contributed by atoms with E-state index in [2.05, 4.69) is 0 Å². The average molecular weight is 525 g/mol. The molecular formula is C28H29ClN2O4S. The molecule has 0 aliphatic carbocycles. The predicted octanol–water partition coefficient (Wildman–Crippen LogP) is 5.66. The van der Waals surface area contributed by atoms with Crippen LogP contribution in [0.5, 0.6) is 0 Å². The number of imide groups is 1. The van der Waals surface area contributed by atoms with Gasteiger partial charge in [0.15, 0.2) is 0 Å². The first-order valence-electron chi connectivity index (χ1n) is 11.7. The number of sulfonamides is 1. The fourth-order valence-electron chi connectivity index (χ4n) is 4.87. The number of hydrogen-bond donors (Lipinski definition) is 0. The van der Waals surface area contributed by atoms with Gasteiger partial charge in [-0.15, -0.1) is 0 Å². The Morgan fingerprint density at radius 1 is 0.917 bits per heavy atom. The van der Waals surface area contributed by atoms with Gasteiger partial charge in [-0.05, 0) is 86.7 Å². The molecule has 0 bridgehead atoms. The molecule has 3 aromatic rings. The Hall–Kier alpha value is -3.00. The maximum Gasteiger partial charge on any atom is 0.252 e. The van der Waals surface area contributed by atoms with Crippen molar-refractivity contribution in [3.8, 4) is 0 Å². The first-order valence-corrected chi connectivity index (χ1v) is 13.5. The zero-order valence-electron chi connectivity index (χ0n) is 20.9. The van der Waals surface area contributed by atoms with E-state index in [0.717, 1.165) is 21.6 Å². The largest absolute Gasteiger partial charge is 0.274 e. The van der Waals surface area contributed by atoms with Gasteiger partial charge in [0.05, 0.1) is 17.0 Å². The summed E-state index contributed by atoms with van der Waals surface area (Å²) in [6, 6.07) is 15.6. The van der Waals surface area contributed by atoms with Crippen LogP contribution in [0.3, 0.4) is 0 Å². The Labute approximate surface area is 217 Å². The summed E-state index contributed by atoms with van der Waals surface area (Å²) in [6.45, 7) is 9.06. The van der Waals surface area contributed by atoms with E-state index in [1.54, 1.807) is 45.0 Å². The molecule has 1 aliphatic rings. The number of anilines is 1. The molecule has 2 atom stereocenters. The summed E-state index contributed by atoms with van der Waals surface area (Å²) < 4.78 is 30.1. The van der Waals surface area contributed by atoms with E-state index in [-0.39, 0.29) is 11.3 Å². The van der Waals surface area contributed by atoms with Crippen molar-refractivity contribution in [1.29, 1.82) is 0 Å². The predicted molar refractivity (Wildman–Crippen MR) is 142 cm³/mol. The van der Waals surface area contributed by atoms with Crippen LogP contribution in [0.15, 0.2) is 65.6 Å². The van der Waals surface area contributed by atoms with E-state index in [9.17, 15) is 18.0 Å². The second-order valence-electron chi connectivity index (χ2n) is 9.27. The molecule has 8 heteroatoms. The molecule has 0 saturated carbocycles. The van der Waals surface area contributed by atoms with Crippen molar-refractivity contribution in [1.82, 2.24) is 4.31 Å². The zero-order chi connectivity index (χ0) is 26.4. The Balaban J connectivity index is 1.89. The van der Waals surface area contributed by atoms with Gasteiger partial charge in [0, 0.05) is 11.1 Å². The molecule has 0 aromatic heterocycles. The van der Waals surface area contributed by atoms with Crippen LogP contribution in [0.2, 0.25) is 5.02 Å². The fourth-order valence-corrected chi connectivity index (χ4v) is 7.34. The molecule has 6 nitrogen and oxygen atoms in total. The van der Waals surface area contributed by atoms with E-state index >= 15 is 0 Å². The van der Waals surface area contributed by atoms with Crippen molar-refractivity contribution in [2.24, 2.45) is 0 Å². The normalized spacial score (nSPS) is 17.2. The third-order valence-corrected chi connectivity index (χ3v) is 9.52. The number of halogens is 1. The molecule has 0 spiro atoms. The van der Waals surface area contributed by atoms with Gasteiger partial charge in [0.25, 0.3) is 5.91 Å². The lowest BCUT2D eigenvalue weighted by Crippen LogP contribution is -2.47. The second kappa shape index (κ2) is 9.81. The highest BCUT2D eigenvalue weighted by atomic mass is 35.5. The second-order valence-corrected chi connectivity index (χ2v) is 11.5. The SMILES string of the molecule is Cc1cc(C)c(C)c(S(=O)(=O)N(C2CC(=O)N(c3ccc(Cl)cc3)C2=O)C(C)c2ccccc2)c1C. The zero-order valence-corrected chi connectivity index (χ0v) is 22.5. The third kappa shape index (κ3) is 4.47. The summed E-state index contributed by atoms with van der Waals surface area (Å²) in [5.41, 5.74) is 4.05. The lowest BCUT2D eigenvalue weighted by atomic mass is 10.0. The highest BCUT2D eigenvalue weighted by Gasteiger charge is 2.49. The topological polar surface area (TPSA) is 74.8 Å². The highest BCUT2D eigenvalue weighted by Crippen LogP contribution is 2.38. The van der Waals surface area contributed by atoms with Gasteiger partial charge in [0.1, 0.15) is 6.04 Å². The highest BCUT2D eigenvalue weighted by molar-refractivity contribution is 7.89. The number of hydrogen-bond acceptors (Lipinski definition) is 4. The molecule has 1 heterocycles. The Morgan fingerprint density at radius 2 is 1.47 bits per heavy atom. The Morgan fingerprint density at radius 3 is 2.03 bits per heavy atom. The van der Waals surface area contributed by atoms with E-state index in [1.165, 1.54) is 4.31 Å². The lowest BCUT2D eigenvalue weighted by Gasteiger charge is -2.34. The molecule has 188 valence electrons. The number of aryl methyl sites for hydroxylation is 2. The first-order chi connectivity index (χ1) is 16.9. The van der Waals surface area contributed by atoms with Gasteiger partial charge in [-0.25, -0.2) is 13.3 Å². The van der Waals surface area contributed by atoms with Crippen molar-refractivity contribution in [3.63, 3.8) is 0 Å². The molecule has 0 N–H and O–H groups in total. The molecule has 4 rings (SSSR count).